The molecular weight excluding hydrogens is 216 g/mol. The van der Waals surface area contributed by atoms with Gasteiger partial charge in [0.05, 0.1) is 24.3 Å². The number of hydrogen-bond acceptors (Lipinski definition) is 3. The molecule has 0 saturated carbocycles. The van der Waals surface area contributed by atoms with Gasteiger partial charge < -0.3 is 10.0 Å². The minimum Gasteiger partial charge on any atom is -0.394 e. The average molecular weight is 230 g/mol. The van der Waals surface area contributed by atoms with Crippen molar-refractivity contribution in [2.45, 2.75) is 18.9 Å². The van der Waals surface area contributed by atoms with Crippen LogP contribution < -0.4 is 0 Å². The fourth-order valence-corrected chi connectivity index (χ4v) is 2.18. The highest BCUT2D eigenvalue weighted by atomic mass is 16.3. The molecule has 1 N–H and O–H groups in total. The van der Waals surface area contributed by atoms with Crippen molar-refractivity contribution in [2.75, 3.05) is 13.2 Å². The van der Waals surface area contributed by atoms with Gasteiger partial charge in [0.25, 0.3) is 5.91 Å². The van der Waals surface area contributed by atoms with Crippen LogP contribution in [0.1, 0.15) is 28.8 Å². The summed E-state index contributed by atoms with van der Waals surface area (Å²) in [6.07, 6.45) is 1.77. The van der Waals surface area contributed by atoms with Crippen molar-refractivity contribution in [2.24, 2.45) is 0 Å². The van der Waals surface area contributed by atoms with Crippen LogP contribution >= 0.6 is 0 Å². The summed E-state index contributed by atoms with van der Waals surface area (Å²) in [5, 5.41) is 18.0. The van der Waals surface area contributed by atoms with E-state index in [1.807, 2.05) is 6.07 Å². The minimum absolute atomic E-state index is 0.00365. The van der Waals surface area contributed by atoms with E-state index < -0.39 is 0 Å². The highest BCUT2D eigenvalue weighted by Gasteiger charge is 2.28. The van der Waals surface area contributed by atoms with Gasteiger partial charge in [-0.2, -0.15) is 5.26 Å². The Kier molecular flexibility index (Phi) is 3.40. The maximum Gasteiger partial charge on any atom is 0.254 e. The summed E-state index contributed by atoms with van der Waals surface area (Å²) < 4.78 is 0. The molecule has 0 bridgehead atoms. The zero-order valence-corrected chi connectivity index (χ0v) is 9.47. The van der Waals surface area contributed by atoms with Gasteiger partial charge in [-0.25, -0.2) is 0 Å². The quantitative estimate of drug-likeness (QED) is 0.829. The van der Waals surface area contributed by atoms with Crippen molar-refractivity contribution in [3.63, 3.8) is 0 Å². The smallest absolute Gasteiger partial charge is 0.254 e. The molecule has 17 heavy (non-hydrogen) atoms. The lowest BCUT2D eigenvalue weighted by atomic mass is 10.1. The van der Waals surface area contributed by atoms with Crippen LogP contribution in [0.4, 0.5) is 0 Å². The van der Waals surface area contributed by atoms with Gasteiger partial charge in [0, 0.05) is 12.1 Å². The molecule has 1 fully saturated rings. The van der Waals surface area contributed by atoms with Gasteiger partial charge in [-0.15, -0.1) is 0 Å². The van der Waals surface area contributed by atoms with Gasteiger partial charge in [-0.3, -0.25) is 4.79 Å². The maximum absolute atomic E-state index is 12.2. The predicted molar refractivity (Wildman–Crippen MR) is 62.3 cm³/mol. The number of aliphatic hydroxyl groups is 1. The van der Waals surface area contributed by atoms with Crippen LogP contribution in [-0.4, -0.2) is 35.1 Å². The van der Waals surface area contributed by atoms with E-state index in [1.54, 1.807) is 29.2 Å². The molecule has 1 aliphatic rings. The number of amides is 1. The summed E-state index contributed by atoms with van der Waals surface area (Å²) in [5.41, 5.74) is 1.000. The van der Waals surface area contributed by atoms with Crippen LogP contribution in [-0.2, 0) is 0 Å². The van der Waals surface area contributed by atoms with Gasteiger partial charge in [0.15, 0.2) is 0 Å². The van der Waals surface area contributed by atoms with E-state index in [-0.39, 0.29) is 18.6 Å². The second-order valence-electron chi connectivity index (χ2n) is 4.17. The molecule has 0 spiro atoms. The normalized spacial score (nSPS) is 19.1. The molecule has 0 aromatic heterocycles. The van der Waals surface area contributed by atoms with Crippen LogP contribution in [0.25, 0.3) is 0 Å². The molecule has 1 atom stereocenters. The van der Waals surface area contributed by atoms with Crippen molar-refractivity contribution in [3.8, 4) is 6.07 Å². The molecule has 4 heteroatoms. The average Bonchev–Trinajstić information content (AvgIpc) is 2.86. The predicted octanol–water partition coefficient (Wildman–Crippen LogP) is 1.16. The van der Waals surface area contributed by atoms with Crippen LogP contribution in [0.2, 0.25) is 0 Å². The molecule has 0 unspecified atom stereocenters. The first-order chi connectivity index (χ1) is 8.26. The first kappa shape index (κ1) is 11.6. The van der Waals surface area contributed by atoms with Crippen molar-refractivity contribution >= 4 is 5.91 Å². The van der Waals surface area contributed by atoms with Crippen molar-refractivity contribution in [3.05, 3.63) is 35.4 Å². The van der Waals surface area contributed by atoms with E-state index in [0.717, 1.165) is 12.8 Å². The summed E-state index contributed by atoms with van der Waals surface area (Å²) >= 11 is 0. The number of hydrogen-bond donors (Lipinski definition) is 1. The first-order valence-electron chi connectivity index (χ1n) is 5.68. The zero-order chi connectivity index (χ0) is 12.3. The Morgan fingerprint density at radius 1 is 1.59 bits per heavy atom. The second kappa shape index (κ2) is 4.98. The van der Waals surface area contributed by atoms with E-state index in [1.165, 1.54) is 0 Å². The molecule has 0 radical (unpaired) electrons. The summed E-state index contributed by atoms with van der Waals surface area (Å²) in [7, 11) is 0. The van der Waals surface area contributed by atoms with Gasteiger partial charge in [-0.1, -0.05) is 6.07 Å². The van der Waals surface area contributed by atoms with Crippen molar-refractivity contribution < 1.29 is 9.90 Å². The number of nitrogens with zero attached hydrogens (tertiary/aromatic N) is 2. The summed E-state index contributed by atoms with van der Waals surface area (Å²) in [6, 6.07) is 8.61. The number of benzene rings is 1. The van der Waals surface area contributed by atoms with Gasteiger partial charge >= 0.3 is 0 Å². The molecule has 1 aromatic rings. The monoisotopic (exact) mass is 230 g/mol. The number of rotatable bonds is 2. The largest absolute Gasteiger partial charge is 0.394 e. The Morgan fingerprint density at radius 2 is 2.41 bits per heavy atom. The minimum atomic E-state index is -0.0985. The molecule has 1 aromatic carbocycles. The Morgan fingerprint density at radius 3 is 3.12 bits per heavy atom. The Hall–Kier alpha value is -1.86. The molecule has 4 nitrogen and oxygen atoms in total. The Balaban J connectivity index is 2.22. The maximum atomic E-state index is 12.2. The number of aliphatic hydroxyl groups excluding tert-OH is 1. The lowest BCUT2D eigenvalue weighted by Gasteiger charge is -2.23. The Bertz CT molecular complexity index is 465. The number of likely N-dealkylation sites (tertiary alicyclic amines) is 1. The molecule has 1 heterocycles. The molecule has 1 saturated heterocycles. The van der Waals surface area contributed by atoms with Crippen LogP contribution in [0, 0.1) is 11.3 Å². The molecular formula is C13H14N2O2. The SMILES string of the molecule is N#Cc1cccc(C(=O)N2CCC[C@H]2CO)c1. The summed E-state index contributed by atoms with van der Waals surface area (Å²) in [5.74, 6) is -0.0985. The third kappa shape index (κ3) is 2.29. The fraction of sp³-hybridized carbons (Fsp3) is 0.385. The lowest BCUT2D eigenvalue weighted by molar-refractivity contribution is 0.0677. The van der Waals surface area contributed by atoms with Crippen LogP contribution in [0.5, 0.6) is 0 Å². The lowest BCUT2D eigenvalue weighted by Crippen LogP contribution is -2.37. The van der Waals surface area contributed by atoms with E-state index in [0.29, 0.717) is 17.7 Å². The summed E-state index contributed by atoms with van der Waals surface area (Å²) in [4.78, 5) is 13.9. The highest BCUT2D eigenvalue weighted by molar-refractivity contribution is 5.95. The standard InChI is InChI=1S/C13H14N2O2/c14-8-10-3-1-4-11(7-10)13(17)15-6-2-5-12(15)9-16/h1,3-4,7,12,16H,2,5-6,9H2/t12-/m0/s1. The molecule has 0 aliphatic carbocycles. The van der Waals surface area contributed by atoms with Crippen molar-refractivity contribution in [1.29, 1.82) is 5.26 Å². The fourth-order valence-electron chi connectivity index (χ4n) is 2.18. The topological polar surface area (TPSA) is 64.3 Å². The highest BCUT2D eigenvalue weighted by Crippen LogP contribution is 2.20. The summed E-state index contributed by atoms with van der Waals surface area (Å²) in [6.45, 7) is 0.685. The number of carbonyl (C=O) groups is 1. The third-order valence-electron chi connectivity index (χ3n) is 3.09. The third-order valence-corrected chi connectivity index (χ3v) is 3.09. The van der Waals surface area contributed by atoms with Crippen molar-refractivity contribution in [1.82, 2.24) is 4.90 Å². The molecule has 88 valence electrons. The van der Waals surface area contributed by atoms with Gasteiger partial charge in [0.2, 0.25) is 0 Å². The van der Waals surface area contributed by atoms with Crippen LogP contribution in [0.15, 0.2) is 24.3 Å². The van der Waals surface area contributed by atoms with E-state index in [4.69, 9.17) is 5.26 Å². The Labute approximate surface area is 100 Å². The first-order valence-corrected chi connectivity index (χ1v) is 5.68. The number of nitriles is 1. The molecule has 2 rings (SSSR count). The number of carbonyl (C=O) groups excluding carboxylic acids is 1. The molecule has 1 aliphatic heterocycles. The van der Waals surface area contributed by atoms with Gasteiger partial charge in [0.1, 0.15) is 0 Å². The second-order valence-corrected chi connectivity index (χ2v) is 4.17. The molecule has 1 amide bonds. The van der Waals surface area contributed by atoms with Crippen LogP contribution in [0.3, 0.4) is 0 Å². The van der Waals surface area contributed by atoms with E-state index >= 15 is 0 Å². The van der Waals surface area contributed by atoms with E-state index in [9.17, 15) is 9.90 Å². The van der Waals surface area contributed by atoms with E-state index in [2.05, 4.69) is 0 Å². The van der Waals surface area contributed by atoms with Gasteiger partial charge in [-0.05, 0) is 31.0 Å². The zero-order valence-electron chi connectivity index (χ0n) is 9.47.